The van der Waals surface area contributed by atoms with E-state index < -0.39 is 69.8 Å². The normalized spacial score (nSPS) is 24.0. The number of para-hydroxylation sites is 1. The second kappa shape index (κ2) is 13.3. The molecule has 2 aliphatic carbocycles. The van der Waals surface area contributed by atoms with Gasteiger partial charge in [-0.05, 0) is 79.1 Å². The van der Waals surface area contributed by atoms with Gasteiger partial charge in [0.1, 0.15) is 11.9 Å². The maximum absolute atomic E-state index is 15.4. The van der Waals surface area contributed by atoms with Crippen LogP contribution in [-0.4, -0.2) is 48.8 Å². The molecule has 3 aromatic carbocycles. The van der Waals surface area contributed by atoms with Crippen molar-refractivity contribution in [1.29, 1.82) is 0 Å². The third-order valence-corrected chi connectivity index (χ3v) is 11.9. The first-order valence-electron chi connectivity index (χ1n) is 15.7. The predicted molar refractivity (Wildman–Crippen MR) is 177 cm³/mol. The van der Waals surface area contributed by atoms with E-state index in [4.69, 9.17) is 27.9 Å². The van der Waals surface area contributed by atoms with Crippen molar-refractivity contribution in [2.75, 3.05) is 10.8 Å². The highest BCUT2D eigenvalue weighted by Gasteiger charge is 2.60. The number of carbonyl (C=O) groups is 1. The highest BCUT2D eigenvalue weighted by Crippen LogP contribution is 2.53. The molecule has 0 radical (unpaired) electrons. The fourth-order valence-electron chi connectivity index (χ4n) is 6.69. The molecule has 0 bridgehead atoms. The summed E-state index contributed by atoms with van der Waals surface area (Å²) in [6.45, 7) is 3.29. The number of morpholine rings is 1. The Morgan fingerprint density at radius 2 is 1.67 bits per heavy atom. The lowest BCUT2D eigenvalue weighted by Crippen LogP contribution is -2.64. The van der Waals surface area contributed by atoms with Gasteiger partial charge in [0.25, 0.3) is 5.91 Å². The van der Waals surface area contributed by atoms with E-state index in [0.29, 0.717) is 46.9 Å². The Kier molecular flexibility index (Phi) is 9.63. The standard InChI is InChI=1S/C35H34Cl2F4N2O4S/c1-2-18-34(21-35(39,40)41)33(44)43(31(23-12-14-25(36)15-13-23)32(47-34)24-6-5-7-26(37)19-24)30(22-10-11-22)20-42(48(45,46)27-16-17-27)29-9-4-3-8-28(29)38/h2-9,12-15,19,22,27,30-32H,1,10-11,16-18,20-21H2/t30-,31+,32+,34-/m0/s1. The van der Waals surface area contributed by atoms with Gasteiger partial charge < -0.3 is 9.64 Å². The Morgan fingerprint density at radius 3 is 2.25 bits per heavy atom. The number of ether oxygens (including phenoxy) is 1. The van der Waals surface area contributed by atoms with Crippen LogP contribution in [0.5, 0.6) is 0 Å². The lowest BCUT2D eigenvalue weighted by atomic mass is 9.83. The molecule has 1 heterocycles. The molecule has 6 rings (SSSR count). The molecule has 3 fully saturated rings. The second-order valence-corrected chi connectivity index (χ2v) is 15.7. The molecule has 6 nitrogen and oxygen atoms in total. The van der Waals surface area contributed by atoms with Crippen molar-refractivity contribution in [3.8, 4) is 0 Å². The minimum atomic E-state index is -4.82. The number of amides is 1. The smallest absolute Gasteiger partial charge is 0.354 e. The number of sulfonamides is 1. The van der Waals surface area contributed by atoms with E-state index in [1.165, 1.54) is 29.2 Å². The summed E-state index contributed by atoms with van der Waals surface area (Å²) in [7, 11) is -4.09. The molecular weight excluding hydrogens is 691 g/mol. The van der Waals surface area contributed by atoms with E-state index in [0.717, 1.165) is 10.4 Å². The number of alkyl halides is 3. The molecule has 0 spiro atoms. The average Bonchev–Trinajstić information content (AvgIpc) is 3.94. The lowest BCUT2D eigenvalue weighted by Gasteiger charge is -2.53. The van der Waals surface area contributed by atoms with Crippen molar-refractivity contribution >= 4 is 44.8 Å². The van der Waals surface area contributed by atoms with Crippen LogP contribution >= 0.6 is 23.2 Å². The van der Waals surface area contributed by atoms with Crippen molar-refractivity contribution in [2.45, 2.75) is 73.7 Å². The molecule has 0 N–H and O–H groups in total. The van der Waals surface area contributed by atoms with Gasteiger partial charge >= 0.3 is 6.18 Å². The summed E-state index contributed by atoms with van der Waals surface area (Å²) in [5.74, 6) is -2.00. The lowest BCUT2D eigenvalue weighted by molar-refractivity contribution is -0.239. The van der Waals surface area contributed by atoms with Crippen molar-refractivity contribution in [2.24, 2.45) is 5.92 Å². The Balaban J connectivity index is 1.57. The second-order valence-electron chi connectivity index (χ2n) is 12.7. The van der Waals surface area contributed by atoms with Gasteiger partial charge in [0.15, 0.2) is 5.60 Å². The number of nitrogens with zero attached hydrogens (tertiary/aromatic N) is 2. The summed E-state index contributed by atoms with van der Waals surface area (Å²) in [4.78, 5) is 16.3. The van der Waals surface area contributed by atoms with Crippen LogP contribution in [-0.2, 0) is 19.6 Å². The van der Waals surface area contributed by atoms with Crippen molar-refractivity contribution in [3.63, 3.8) is 0 Å². The molecular formula is C35H34Cl2F4N2O4S. The van der Waals surface area contributed by atoms with Gasteiger partial charge in [0.2, 0.25) is 10.0 Å². The third-order valence-electron chi connectivity index (χ3n) is 9.16. The van der Waals surface area contributed by atoms with Crippen LogP contribution in [0.3, 0.4) is 0 Å². The van der Waals surface area contributed by atoms with Gasteiger partial charge in [0.05, 0.1) is 36.0 Å². The zero-order valence-electron chi connectivity index (χ0n) is 25.8. The van der Waals surface area contributed by atoms with Gasteiger partial charge in [-0.1, -0.05) is 65.7 Å². The maximum atomic E-state index is 15.4. The van der Waals surface area contributed by atoms with E-state index in [2.05, 4.69) is 6.58 Å². The summed E-state index contributed by atoms with van der Waals surface area (Å²) in [6.07, 6.45) is -4.88. The topological polar surface area (TPSA) is 66.9 Å². The Labute approximate surface area is 287 Å². The van der Waals surface area contributed by atoms with Crippen LogP contribution < -0.4 is 4.31 Å². The third kappa shape index (κ3) is 7.11. The van der Waals surface area contributed by atoms with Crippen molar-refractivity contribution in [1.82, 2.24) is 4.90 Å². The van der Waals surface area contributed by atoms with E-state index >= 15 is 4.39 Å². The van der Waals surface area contributed by atoms with Crippen LogP contribution in [0, 0.1) is 11.7 Å². The first-order valence-corrected chi connectivity index (χ1v) is 18.0. The van der Waals surface area contributed by atoms with E-state index in [1.807, 2.05) is 0 Å². The van der Waals surface area contributed by atoms with E-state index in [-0.39, 0.29) is 18.2 Å². The first kappa shape index (κ1) is 34.7. The number of rotatable bonds is 12. The highest BCUT2D eigenvalue weighted by atomic mass is 35.5. The summed E-state index contributed by atoms with van der Waals surface area (Å²) in [5.41, 5.74) is -1.69. The van der Waals surface area contributed by atoms with Crippen LogP contribution in [0.1, 0.15) is 61.8 Å². The molecule has 4 atom stereocenters. The zero-order valence-corrected chi connectivity index (χ0v) is 28.1. The summed E-state index contributed by atoms with van der Waals surface area (Å²) >= 11 is 12.6. The Morgan fingerprint density at radius 1 is 0.979 bits per heavy atom. The van der Waals surface area contributed by atoms with Gasteiger partial charge in [-0.2, -0.15) is 13.2 Å². The molecule has 1 saturated heterocycles. The predicted octanol–water partition coefficient (Wildman–Crippen LogP) is 8.82. The number of hydrogen-bond donors (Lipinski definition) is 0. The fourth-order valence-corrected chi connectivity index (χ4v) is 8.89. The number of hydrogen-bond acceptors (Lipinski definition) is 4. The van der Waals surface area contributed by atoms with E-state index in [1.54, 1.807) is 48.5 Å². The minimum absolute atomic E-state index is 0.183. The van der Waals surface area contributed by atoms with Crippen LogP contribution in [0.2, 0.25) is 10.0 Å². The number of carbonyl (C=O) groups excluding carboxylic acids is 1. The van der Waals surface area contributed by atoms with E-state index in [9.17, 15) is 26.4 Å². The molecule has 2 saturated carbocycles. The highest BCUT2D eigenvalue weighted by molar-refractivity contribution is 7.93. The molecule has 1 aliphatic heterocycles. The Bertz CT molecular complexity index is 1780. The molecule has 48 heavy (non-hydrogen) atoms. The average molecular weight is 726 g/mol. The summed E-state index contributed by atoms with van der Waals surface area (Å²) in [6, 6.07) is 16.5. The number of benzene rings is 3. The monoisotopic (exact) mass is 724 g/mol. The SMILES string of the molecule is C=CC[C@@]1(CC(F)(F)F)O[C@H](c2cccc(Cl)c2)[C@@H](c2ccc(Cl)cc2)N([C@@H](CN(c2ccccc2F)S(=O)(=O)C2CC2)C2CC2)C1=O. The van der Waals surface area contributed by atoms with Crippen molar-refractivity contribution in [3.05, 3.63) is 112 Å². The molecule has 3 aliphatic rings. The van der Waals surface area contributed by atoms with Crippen LogP contribution in [0.25, 0.3) is 0 Å². The molecule has 0 unspecified atom stereocenters. The van der Waals surface area contributed by atoms with Gasteiger partial charge in [-0.15, -0.1) is 6.58 Å². The molecule has 1 amide bonds. The molecule has 3 aromatic rings. The van der Waals surface area contributed by atoms with Gasteiger partial charge in [-0.3, -0.25) is 9.10 Å². The minimum Gasteiger partial charge on any atom is -0.354 e. The molecule has 13 heteroatoms. The first-order chi connectivity index (χ1) is 22.7. The van der Waals surface area contributed by atoms with Crippen LogP contribution in [0.4, 0.5) is 23.2 Å². The number of halogens is 6. The summed E-state index contributed by atoms with van der Waals surface area (Å²) < 4.78 is 93.9. The quantitative estimate of drug-likeness (QED) is 0.138. The van der Waals surface area contributed by atoms with Crippen LogP contribution in [0.15, 0.2) is 85.5 Å². The van der Waals surface area contributed by atoms with Gasteiger partial charge in [0, 0.05) is 16.5 Å². The Hall–Kier alpha value is -3.12. The van der Waals surface area contributed by atoms with Crippen molar-refractivity contribution < 1.29 is 35.5 Å². The summed E-state index contributed by atoms with van der Waals surface area (Å²) in [5, 5.41) is -0.0287. The number of anilines is 1. The maximum Gasteiger partial charge on any atom is 0.392 e. The largest absolute Gasteiger partial charge is 0.392 e. The zero-order chi connectivity index (χ0) is 34.4. The molecule has 0 aromatic heterocycles. The molecule has 256 valence electrons. The van der Waals surface area contributed by atoms with Gasteiger partial charge in [-0.25, -0.2) is 12.8 Å². The fraction of sp³-hybridized carbons (Fsp3) is 0.400.